The van der Waals surface area contributed by atoms with Crippen molar-refractivity contribution in [1.82, 2.24) is 0 Å². The van der Waals surface area contributed by atoms with Crippen LogP contribution in [0.5, 0.6) is 0 Å². The quantitative estimate of drug-likeness (QED) is 0.229. The molecule has 0 bridgehead atoms. The number of hydrogen-bond acceptors (Lipinski definition) is 1. The Morgan fingerprint density at radius 2 is 1.00 bits per heavy atom. The van der Waals surface area contributed by atoms with E-state index >= 15 is 0 Å². The van der Waals surface area contributed by atoms with Gasteiger partial charge in [-0.2, -0.15) is 0 Å². The first-order chi connectivity index (χ1) is 14.8. The second-order valence-electron chi connectivity index (χ2n) is 7.28. The van der Waals surface area contributed by atoms with Gasteiger partial charge in [-0.3, -0.25) is 4.79 Å². The number of carbonyl (C=O) groups is 1. The zero-order valence-electron chi connectivity index (χ0n) is 16.5. The number of rotatable bonds is 5. The summed E-state index contributed by atoms with van der Waals surface area (Å²) in [6.45, 7) is 0. The molecule has 0 saturated carbocycles. The fraction of sp³-hybridized carbons (Fsp3) is 0.0357. The molecule has 0 heterocycles. The fourth-order valence-corrected chi connectivity index (χ4v) is 6.30. The van der Waals surface area contributed by atoms with Gasteiger partial charge in [0.15, 0.2) is 15.5 Å². The van der Waals surface area contributed by atoms with E-state index in [0.29, 0.717) is 5.75 Å². The highest BCUT2D eigenvalue weighted by molar-refractivity contribution is 7.98. The summed E-state index contributed by atoms with van der Waals surface area (Å²) in [6.07, 6.45) is 0. The molecule has 5 aromatic rings. The van der Waals surface area contributed by atoms with Gasteiger partial charge >= 0.3 is 0 Å². The third-order valence-corrected chi connectivity index (χ3v) is 7.73. The highest BCUT2D eigenvalue weighted by atomic mass is 32.2. The van der Waals surface area contributed by atoms with E-state index < -0.39 is 0 Å². The van der Waals surface area contributed by atoms with Gasteiger partial charge < -0.3 is 0 Å². The second kappa shape index (κ2) is 8.17. The van der Waals surface area contributed by atoms with Crippen LogP contribution in [0.25, 0.3) is 21.5 Å². The van der Waals surface area contributed by atoms with Crippen molar-refractivity contribution >= 4 is 38.2 Å². The van der Waals surface area contributed by atoms with E-state index in [1.165, 1.54) is 31.3 Å². The largest absolute Gasteiger partial charge is 0.289 e. The van der Waals surface area contributed by atoms with Crippen LogP contribution in [0.4, 0.5) is 0 Å². The molecule has 144 valence electrons. The normalized spacial score (nSPS) is 11.2. The summed E-state index contributed by atoms with van der Waals surface area (Å²) in [7, 11) is -0.381. The van der Waals surface area contributed by atoms with Crippen LogP contribution in [0.3, 0.4) is 0 Å². The summed E-state index contributed by atoms with van der Waals surface area (Å²) in [5.74, 6) is 0.645. The predicted octanol–water partition coefficient (Wildman–Crippen LogP) is 6.91. The second-order valence-corrected chi connectivity index (χ2v) is 9.23. The van der Waals surface area contributed by atoms with Crippen LogP contribution in [0.2, 0.25) is 0 Å². The van der Waals surface area contributed by atoms with Crippen molar-refractivity contribution in [2.24, 2.45) is 0 Å². The van der Waals surface area contributed by atoms with E-state index in [9.17, 15) is 4.79 Å². The van der Waals surface area contributed by atoms with E-state index in [0.717, 1.165) is 5.56 Å². The first-order valence-corrected chi connectivity index (χ1v) is 11.5. The van der Waals surface area contributed by atoms with Crippen molar-refractivity contribution in [3.8, 4) is 0 Å². The molecule has 30 heavy (non-hydrogen) atoms. The van der Waals surface area contributed by atoms with Gasteiger partial charge in [0.1, 0.15) is 0 Å². The smallest absolute Gasteiger partial charge is 0.212 e. The zero-order chi connectivity index (χ0) is 20.3. The Balaban J connectivity index is 1.70. The highest BCUT2D eigenvalue weighted by Crippen LogP contribution is 2.34. The number of ketones is 1. The minimum Gasteiger partial charge on any atom is -0.289 e. The van der Waals surface area contributed by atoms with Gasteiger partial charge in [0.2, 0.25) is 5.78 Å². The van der Waals surface area contributed by atoms with Crippen molar-refractivity contribution in [2.75, 3.05) is 5.75 Å². The molecule has 0 aliphatic rings. The van der Waals surface area contributed by atoms with Gasteiger partial charge in [0.25, 0.3) is 0 Å². The molecule has 5 rings (SSSR count). The van der Waals surface area contributed by atoms with Crippen LogP contribution in [0, 0.1) is 0 Å². The monoisotopic (exact) mass is 405 g/mol. The fourth-order valence-electron chi connectivity index (χ4n) is 3.93. The topological polar surface area (TPSA) is 17.1 Å². The Labute approximate surface area is 179 Å². The summed E-state index contributed by atoms with van der Waals surface area (Å²) in [4.78, 5) is 15.7. The van der Waals surface area contributed by atoms with Crippen LogP contribution in [-0.2, 0) is 10.9 Å². The molecular formula is C28H21OS+. The summed E-state index contributed by atoms with van der Waals surface area (Å²) >= 11 is 0. The van der Waals surface area contributed by atoms with Crippen molar-refractivity contribution in [3.05, 3.63) is 121 Å². The summed E-state index contributed by atoms with van der Waals surface area (Å²) < 4.78 is 0. The molecule has 0 unspecified atom stereocenters. The summed E-state index contributed by atoms with van der Waals surface area (Å²) in [5, 5.41) is 4.86. The third kappa shape index (κ3) is 3.51. The first kappa shape index (κ1) is 18.7. The lowest BCUT2D eigenvalue weighted by Gasteiger charge is -2.12. The molecule has 1 nitrogen and oxygen atoms in total. The Morgan fingerprint density at radius 1 is 0.533 bits per heavy atom. The zero-order valence-corrected chi connectivity index (χ0v) is 17.3. The van der Waals surface area contributed by atoms with Gasteiger partial charge in [-0.15, -0.1) is 0 Å². The van der Waals surface area contributed by atoms with Crippen LogP contribution in [-0.4, -0.2) is 11.5 Å². The van der Waals surface area contributed by atoms with Crippen LogP contribution < -0.4 is 0 Å². The van der Waals surface area contributed by atoms with E-state index in [-0.39, 0.29) is 16.7 Å². The minimum atomic E-state index is -0.381. The Hall–Kier alpha value is -3.36. The number of fused-ring (bicyclic) bond motifs is 2. The van der Waals surface area contributed by atoms with Gasteiger partial charge in [-0.1, -0.05) is 91.0 Å². The van der Waals surface area contributed by atoms with Gasteiger partial charge in [-0.05, 0) is 35.0 Å². The molecule has 5 aromatic carbocycles. The van der Waals surface area contributed by atoms with E-state index in [1.807, 2.05) is 30.3 Å². The van der Waals surface area contributed by atoms with Crippen LogP contribution >= 0.6 is 0 Å². The lowest BCUT2D eigenvalue weighted by Crippen LogP contribution is -2.18. The van der Waals surface area contributed by atoms with Crippen molar-refractivity contribution in [2.45, 2.75) is 9.79 Å². The van der Waals surface area contributed by atoms with E-state index in [4.69, 9.17) is 0 Å². The Morgan fingerprint density at radius 3 is 1.57 bits per heavy atom. The molecule has 0 saturated heterocycles. The average Bonchev–Trinajstić information content (AvgIpc) is 2.82. The molecule has 0 spiro atoms. The highest BCUT2D eigenvalue weighted by Gasteiger charge is 2.32. The van der Waals surface area contributed by atoms with Crippen LogP contribution in [0.15, 0.2) is 125 Å². The average molecular weight is 406 g/mol. The van der Waals surface area contributed by atoms with Crippen LogP contribution in [0.1, 0.15) is 10.4 Å². The predicted molar refractivity (Wildman–Crippen MR) is 127 cm³/mol. The molecule has 0 aliphatic carbocycles. The van der Waals surface area contributed by atoms with Crippen molar-refractivity contribution in [1.29, 1.82) is 0 Å². The van der Waals surface area contributed by atoms with Crippen molar-refractivity contribution in [3.63, 3.8) is 0 Å². The molecule has 0 amide bonds. The van der Waals surface area contributed by atoms with Gasteiger partial charge in [0.05, 0.1) is 10.9 Å². The number of carbonyl (C=O) groups excluding carboxylic acids is 1. The van der Waals surface area contributed by atoms with E-state index in [1.54, 1.807) is 0 Å². The Kier molecular flexibility index (Phi) is 5.08. The molecule has 0 atom stereocenters. The van der Waals surface area contributed by atoms with Gasteiger partial charge in [-0.25, -0.2) is 0 Å². The molecule has 0 aliphatic heterocycles. The third-order valence-electron chi connectivity index (χ3n) is 5.40. The lowest BCUT2D eigenvalue weighted by atomic mass is 10.1. The molecule has 0 radical (unpaired) electrons. The molecule has 2 heteroatoms. The molecule has 0 aromatic heterocycles. The first-order valence-electron chi connectivity index (χ1n) is 10.1. The number of hydrogen-bond donors (Lipinski definition) is 0. The molecule has 0 fully saturated rings. The maximum atomic E-state index is 13.3. The summed E-state index contributed by atoms with van der Waals surface area (Å²) in [5.41, 5.74) is 0.774. The summed E-state index contributed by atoms with van der Waals surface area (Å²) in [6, 6.07) is 39.4. The maximum absolute atomic E-state index is 13.3. The molecular weight excluding hydrogens is 384 g/mol. The maximum Gasteiger partial charge on any atom is 0.212 e. The SMILES string of the molecule is O=C(C[S+](c1cccc2ccccc12)c1cccc2ccccc12)c1ccccc1. The standard InChI is InChI=1S/C28H21OS/c29-26(23-12-2-1-3-13-23)20-30(27-18-8-14-21-10-4-6-16-24(21)27)28-19-9-15-22-11-5-7-17-25(22)28/h1-19H,20H2/q+1. The lowest BCUT2D eigenvalue weighted by molar-refractivity contribution is 0.102. The Bertz CT molecular complexity index is 1250. The minimum absolute atomic E-state index is 0.180. The molecule has 0 N–H and O–H groups in total. The number of benzene rings is 5. The van der Waals surface area contributed by atoms with Crippen molar-refractivity contribution < 1.29 is 4.79 Å². The number of Topliss-reactive ketones (excluding diaryl/α,β-unsaturated/α-hetero) is 1. The van der Waals surface area contributed by atoms with Gasteiger partial charge in [0, 0.05) is 16.3 Å². The van der Waals surface area contributed by atoms with E-state index in [2.05, 4.69) is 84.9 Å².